The van der Waals surface area contributed by atoms with Gasteiger partial charge in [-0.1, -0.05) is 37.5 Å². The molecule has 2 aliphatic heterocycles. The molecule has 0 unspecified atom stereocenters. The van der Waals surface area contributed by atoms with Crippen molar-refractivity contribution in [1.29, 1.82) is 0 Å². The van der Waals surface area contributed by atoms with Crippen molar-refractivity contribution < 1.29 is 0 Å². The summed E-state index contributed by atoms with van der Waals surface area (Å²) >= 11 is 5.32. The van der Waals surface area contributed by atoms with Crippen molar-refractivity contribution in [2.45, 2.75) is 51.0 Å². The van der Waals surface area contributed by atoms with Crippen molar-refractivity contribution in [3.05, 3.63) is 29.8 Å². The van der Waals surface area contributed by atoms with Gasteiger partial charge in [0.15, 0.2) is 5.11 Å². The number of nitrogens with one attached hydrogen (secondary N) is 1. The summed E-state index contributed by atoms with van der Waals surface area (Å²) in [5, 5.41) is 5.25. The van der Waals surface area contributed by atoms with E-state index in [4.69, 9.17) is 12.2 Å². The van der Waals surface area contributed by atoms with Crippen LogP contribution < -0.4 is 10.3 Å². The van der Waals surface area contributed by atoms with Gasteiger partial charge >= 0.3 is 0 Å². The average molecular weight is 457 g/mol. The number of hydrogen-bond donors (Lipinski definition) is 1. The van der Waals surface area contributed by atoms with Gasteiger partial charge in [-0.05, 0) is 50.5 Å². The first-order valence-electron chi connectivity index (χ1n) is 12.5. The third-order valence-electron chi connectivity index (χ3n) is 7.24. The van der Waals surface area contributed by atoms with Crippen molar-refractivity contribution in [3.63, 3.8) is 0 Å². The number of benzene rings is 1. The number of piperazine rings is 1. The number of para-hydroxylation sites is 1. The average Bonchev–Trinajstić information content (AvgIpc) is 3.19. The van der Waals surface area contributed by atoms with E-state index in [-0.39, 0.29) is 0 Å². The van der Waals surface area contributed by atoms with E-state index < -0.39 is 0 Å². The van der Waals surface area contributed by atoms with Gasteiger partial charge in [0.25, 0.3) is 0 Å². The van der Waals surface area contributed by atoms with Gasteiger partial charge in [-0.25, -0.2) is 0 Å². The van der Waals surface area contributed by atoms with Crippen LogP contribution in [0.5, 0.6) is 0 Å². The van der Waals surface area contributed by atoms with Crippen molar-refractivity contribution in [2.24, 2.45) is 5.10 Å². The number of thiocarbonyl (C=S) groups is 1. The van der Waals surface area contributed by atoms with Gasteiger partial charge < -0.3 is 14.7 Å². The van der Waals surface area contributed by atoms with E-state index in [1.807, 2.05) is 19.0 Å². The molecule has 32 heavy (non-hydrogen) atoms. The second kappa shape index (κ2) is 11.4. The van der Waals surface area contributed by atoms with E-state index in [2.05, 4.69) is 49.5 Å². The lowest BCUT2D eigenvalue weighted by atomic mass is 9.94. The molecule has 0 spiro atoms. The van der Waals surface area contributed by atoms with E-state index in [0.29, 0.717) is 5.11 Å². The Kier molecular flexibility index (Phi) is 8.38. The molecule has 1 saturated carbocycles. The predicted molar refractivity (Wildman–Crippen MR) is 139 cm³/mol. The Balaban J connectivity index is 1.20. The summed E-state index contributed by atoms with van der Waals surface area (Å²) in [6, 6.07) is 9.47. The van der Waals surface area contributed by atoms with Gasteiger partial charge in [-0.2, -0.15) is 5.10 Å². The fourth-order valence-corrected chi connectivity index (χ4v) is 5.34. The van der Waals surface area contributed by atoms with Crippen LogP contribution in [0.25, 0.3) is 0 Å². The zero-order valence-corrected chi connectivity index (χ0v) is 20.7. The molecule has 1 aliphatic carbocycles. The molecule has 0 amide bonds. The van der Waals surface area contributed by atoms with Gasteiger partial charge in [0.2, 0.25) is 0 Å². The number of fused-ring (bicyclic) bond motifs is 1. The molecule has 1 aromatic carbocycles. The largest absolute Gasteiger partial charge is 0.365 e. The number of hydrazone groups is 1. The number of anilines is 1. The minimum atomic E-state index is 0.636. The highest BCUT2D eigenvalue weighted by molar-refractivity contribution is 7.80. The molecule has 1 N–H and O–H groups in total. The van der Waals surface area contributed by atoms with Gasteiger partial charge in [-0.15, -0.1) is 0 Å². The van der Waals surface area contributed by atoms with E-state index in [1.54, 1.807) is 0 Å². The highest BCUT2D eigenvalue weighted by Gasteiger charge is 2.26. The Morgan fingerprint density at radius 1 is 1.03 bits per heavy atom. The Morgan fingerprint density at radius 2 is 1.75 bits per heavy atom. The van der Waals surface area contributed by atoms with Crippen LogP contribution in [-0.2, 0) is 0 Å². The Labute approximate surface area is 199 Å². The topological polar surface area (TPSA) is 37.4 Å². The van der Waals surface area contributed by atoms with Crippen LogP contribution in [0, 0.1) is 0 Å². The molecular weight excluding hydrogens is 416 g/mol. The number of hydrogen-bond acceptors (Lipinski definition) is 5. The molecule has 1 saturated heterocycles. The van der Waals surface area contributed by atoms with Crippen LogP contribution in [0.2, 0.25) is 0 Å². The molecule has 0 atom stereocenters. The highest BCUT2D eigenvalue weighted by atomic mass is 32.1. The van der Waals surface area contributed by atoms with Crippen LogP contribution in [-0.4, -0.2) is 91.5 Å². The summed E-state index contributed by atoms with van der Waals surface area (Å²) < 4.78 is 0. The van der Waals surface area contributed by atoms with Crippen LogP contribution in [0.15, 0.2) is 29.4 Å². The maximum atomic E-state index is 5.32. The zero-order chi connectivity index (χ0) is 22.3. The second-order valence-corrected chi connectivity index (χ2v) is 10.1. The normalized spacial score (nSPS) is 21.7. The predicted octanol–water partition coefficient (Wildman–Crippen LogP) is 3.38. The van der Waals surface area contributed by atoms with E-state index in [9.17, 15) is 0 Å². The highest BCUT2D eigenvalue weighted by Crippen LogP contribution is 2.28. The first kappa shape index (κ1) is 23.5. The summed E-state index contributed by atoms with van der Waals surface area (Å²) in [6.07, 6.45) is 9.67. The van der Waals surface area contributed by atoms with Gasteiger partial charge in [0.05, 0.1) is 12.3 Å². The summed E-state index contributed by atoms with van der Waals surface area (Å²) in [5.74, 6) is 0. The molecule has 2 heterocycles. The first-order valence-corrected chi connectivity index (χ1v) is 12.9. The summed E-state index contributed by atoms with van der Waals surface area (Å²) in [4.78, 5) is 9.78. The molecule has 0 bridgehead atoms. The fourth-order valence-electron chi connectivity index (χ4n) is 5.29. The molecule has 1 aromatic rings. The lowest BCUT2D eigenvalue weighted by Crippen LogP contribution is -2.50. The van der Waals surface area contributed by atoms with E-state index >= 15 is 0 Å². The molecular formula is C25H40N6S. The molecule has 7 heteroatoms. The van der Waals surface area contributed by atoms with Gasteiger partial charge in [0.1, 0.15) is 0 Å². The quantitative estimate of drug-likeness (QED) is 0.385. The standard InChI is InChI=1S/C25H40N6S/c1-28(2)25(32)27-26-23-20-31(24-13-7-6-12-22(23)24)15-9-8-14-29-16-18-30(19-17-29)21-10-4-3-5-11-21/h6-7,12-13,21H,3-5,8-11,14-20H2,1-2H3,(H,27,32)/b26-23+. The Hall–Kier alpha value is -1.70. The smallest absolute Gasteiger partial charge is 0.189 e. The van der Waals surface area contributed by atoms with Crippen LogP contribution in [0.3, 0.4) is 0 Å². The zero-order valence-electron chi connectivity index (χ0n) is 19.9. The maximum Gasteiger partial charge on any atom is 0.189 e. The van der Waals surface area contributed by atoms with E-state index in [0.717, 1.165) is 24.8 Å². The molecule has 0 aromatic heterocycles. The third kappa shape index (κ3) is 6.00. The lowest BCUT2D eigenvalue weighted by Gasteiger charge is -2.40. The molecule has 4 rings (SSSR count). The third-order valence-corrected chi connectivity index (χ3v) is 7.70. The number of rotatable bonds is 7. The Morgan fingerprint density at radius 3 is 2.50 bits per heavy atom. The summed E-state index contributed by atoms with van der Waals surface area (Å²) in [5.41, 5.74) is 6.62. The monoisotopic (exact) mass is 456 g/mol. The molecule has 3 aliphatic rings. The maximum absolute atomic E-state index is 5.32. The SMILES string of the molecule is CN(C)C(=S)N/N=C1\CN(CCCCN2CCN(C3CCCCC3)CC2)c2ccccc21. The molecule has 6 nitrogen and oxygen atoms in total. The fraction of sp³-hybridized carbons (Fsp3) is 0.680. The number of nitrogens with zero attached hydrogens (tertiary/aromatic N) is 5. The van der Waals surface area contributed by atoms with Crippen molar-refractivity contribution >= 4 is 28.7 Å². The minimum Gasteiger partial charge on any atom is -0.365 e. The van der Waals surface area contributed by atoms with Gasteiger partial charge in [-0.3, -0.25) is 10.3 Å². The van der Waals surface area contributed by atoms with Gasteiger partial charge in [0, 0.05) is 64.1 Å². The van der Waals surface area contributed by atoms with Crippen molar-refractivity contribution in [1.82, 2.24) is 20.1 Å². The van der Waals surface area contributed by atoms with Crippen molar-refractivity contribution in [2.75, 3.05) is 64.8 Å². The minimum absolute atomic E-state index is 0.636. The van der Waals surface area contributed by atoms with Crippen LogP contribution in [0.1, 0.15) is 50.5 Å². The molecule has 0 radical (unpaired) electrons. The number of unbranched alkanes of at least 4 members (excludes halogenated alkanes) is 1. The van der Waals surface area contributed by atoms with Crippen LogP contribution in [0.4, 0.5) is 5.69 Å². The second-order valence-electron chi connectivity index (χ2n) is 9.69. The van der Waals surface area contributed by atoms with Crippen molar-refractivity contribution in [3.8, 4) is 0 Å². The summed E-state index contributed by atoms with van der Waals surface area (Å²) in [7, 11) is 3.86. The first-order chi connectivity index (χ1) is 15.6. The van der Waals surface area contributed by atoms with Crippen LogP contribution >= 0.6 is 12.2 Å². The van der Waals surface area contributed by atoms with E-state index in [1.165, 1.54) is 88.9 Å². The lowest BCUT2D eigenvalue weighted by molar-refractivity contribution is 0.0783. The Bertz CT molecular complexity index is 780. The molecule has 2 fully saturated rings. The molecule has 176 valence electrons. The summed E-state index contributed by atoms with van der Waals surface area (Å²) in [6.45, 7) is 8.19.